The van der Waals surface area contributed by atoms with E-state index in [1.54, 1.807) is 11.8 Å². The number of β-lactam (4-membered cyclic amide) rings is 1. The molecule has 0 bridgehead atoms. The molecule has 3 rings (SSSR count). The zero-order valence-electron chi connectivity index (χ0n) is 10.7. The average Bonchev–Trinajstić information content (AvgIpc) is 2.45. The molecule has 0 aromatic heterocycles. The van der Waals surface area contributed by atoms with E-state index in [0.29, 0.717) is 0 Å². The topological polar surface area (TPSA) is 40.5 Å². The van der Waals surface area contributed by atoms with Crippen molar-refractivity contribution in [3.05, 3.63) is 66.2 Å². The molecule has 0 radical (unpaired) electrons. The lowest BCUT2D eigenvalue weighted by molar-refractivity contribution is -0.151. The van der Waals surface area contributed by atoms with E-state index in [0.717, 1.165) is 11.3 Å². The first kappa shape index (κ1) is 11.9. The van der Waals surface area contributed by atoms with Gasteiger partial charge in [-0.3, -0.25) is 9.69 Å². The van der Waals surface area contributed by atoms with E-state index in [1.807, 2.05) is 60.7 Å². The minimum absolute atomic E-state index is 0.257. The Balaban J connectivity index is 2.03. The Labute approximate surface area is 112 Å². The molecule has 1 aliphatic rings. The molecule has 1 amide bonds. The number of aliphatic hydroxyl groups is 1. The number of amides is 1. The van der Waals surface area contributed by atoms with E-state index in [9.17, 15) is 9.90 Å². The minimum atomic E-state index is -1.34. The highest BCUT2D eigenvalue weighted by atomic mass is 16.3. The number of hydrogen-bond acceptors (Lipinski definition) is 2. The number of para-hydroxylation sites is 1. The smallest absolute Gasteiger partial charge is 0.261 e. The van der Waals surface area contributed by atoms with E-state index < -0.39 is 5.60 Å². The fraction of sp³-hybridized carbons (Fsp3) is 0.188. The van der Waals surface area contributed by atoms with Crippen LogP contribution in [0.5, 0.6) is 0 Å². The molecule has 96 valence electrons. The van der Waals surface area contributed by atoms with E-state index in [1.165, 1.54) is 0 Å². The van der Waals surface area contributed by atoms with Gasteiger partial charge in [-0.2, -0.15) is 0 Å². The Hall–Kier alpha value is -2.13. The van der Waals surface area contributed by atoms with Gasteiger partial charge in [0.15, 0.2) is 5.60 Å². The molecular formula is C16H15NO2. The maximum absolute atomic E-state index is 12.1. The maximum atomic E-state index is 12.1. The summed E-state index contributed by atoms with van der Waals surface area (Å²) < 4.78 is 0. The Bertz CT molecular complexity index is 593. The molecule has 1 fully saturated rings. The summed E-state index contributed by atoms with van der Waals surface area (Å²) in [5.41, 5.74) is 0.417. The van der Waals surface area contributed by atoms with Gasteiger partial charge in [-0.05, 0) is 24.6 Å². The van der Waals surface area contributed by atoms with Gasteiger partial charge in [-0.25, -0.2) is 0 Å². The summed E-state index contributed by atoms with van der Waals surface area (Å²) in [5.74, 6) is -0.257. The Morgan fingerprint density at radius 2 is 1.53 bits per heavy atom. The number of carbonyl (C=O) groups is 1. The molecular weight excluding hydrogens is 238 g/mol. The first-order valence-corrected chi connectivity index (χ1v) is 6.28. The first-order valence-electron chi connectivity index (χ1n) is 6.28. The number of rotatable bonds is 2. The molecule has 1 heterocycles. The highest BCUT2D eigenvalue weighted by Gasteiger charge is 2.57. The number of hydrogen-bond donors (Lipinski definition) is 1. The van der Waals surface area contributed by atoms with Crippen LogP contribution in [0.3, 0.4) is 0 Å². The molecule has 3 nitrogen and oxygen atoms in total. The SMILES string of the molecule is CC1(O)C(=O)N(c2ccccc2)C1c1ccccc1. The highest BCUT2D eigenvalue weighted by Crippen LogP contribution is 2.45. The van der Waals surface area contributed by atoms with Crippen molar-refractivity contribution < 1.29 is 9.90 Å². The van der Waals surface area contributed by atoms with Crippen LogP contribution in [0.25, 0.3) is 0 Å². The molecule has 2 unspecified atom stereocenters. The molecule has 3 heteroatoms. The van der Waals surface area contributed by atoms with Gasteiger partial charge in [0.1, 0.15) is 0 Å². The van der Waals surface area contributed by atoms with E-state index in [-0.39, 0.29) is 11.9 Å². The number of nitrogens with zero attached hydrogens (tertiary/aromatic N) is 1. The fourth-order valence-corrected chi connectivity index (χ4v) is 2.63. The van der Waals surface area contributed by atoms with Crippen molar-refractivity contribution in [2.45, 2.75) is 18.6 Å². The number of carbonyl (C=O) groups excluding carboxylic acids is 1. The molecule has 0 aliphatic carbocycles. The quantitative estimate of drug-likeness (QED) is 0.835. The average molecular weight is 253 g/mol. The zero-order valence-corrected chi connectivity index (χ0v) is 10.7. The van der Waals surface area contributed by atoms with Crippen molar-refractivity contribution in [3.63, 3.8) is 0 Å². The lowest BCUT2D eigenvalue weighted by Gasteiger charge is -2.51. The first-order chi connectivity index (χ1) is 9.12. The van der Waals surface area contributed by atoms with Crippen LogP contribution in [0.4, 0.5) is 5.69 Å². The normalized spacial score (nSPS) is 26.1. The third kappa shape index (κ3) is 1.74. The number of benzene rings is 2. The second kappa shape index (κ2) is 4.21. The van der Waals surface area contributed by atoms with Gasteiger partial charge < -0.3 is 5.11 Å². The maximum Gasteiger partial charge on any atom is 0.261 e. The minimum Gasteiger partial charge on any atom is -0.378 e. The predicted octanol–water partition coefficient (Wildman–Crippen LogP) is 2.53. The molecule has 1 N–H and O–H groups in total. The third-order valence-electron chi connectivity index (χ3n) is 3.59. The summed E-state index contributed by atoms with van der Waals surface area (Å²) in [6.45, 7) is 1.58. The Morgan fingerprint density at radius 3 is 2.11 bits per heavy atom. The van der Waals surface area contributed by atoms with Gasteiger partial charge >= 0.3 is 0 Å². The van der Waals surface area contributed by atoms with Crippen LogP contribution in [0.1, 0.15) is 18.5 Å². The van der Waals surface area contributed by atoms with Crippen molar-refractivity contribution in [1.82, 2.24) is 0 Å². The molecule has 0 saturated carbocycles. The second-order valence-corrected chi connectivity index (χ2v) is 4.97. The van der Waals surface area contributed by atoms with Gasteiger partial charge in [-0.1, -0.05) is 48.5 Å². The molecule has 1 saturated heterocycles. The van der Waals surface area contributed by atoms with Gasteiger partial charge in [-0.15, -0.1) is 0 Å². The Morgan fingerprint density at radius 1 is 1.00 bits per heavy atom. The van der Waals surface area contributed by atoms with Gasteiger partial charge in [0.25, 0.3) is 5.91 Å². The monoisotopic (exact) mass is 253 g/mol. The van der Waals surface area contributed by atoms with E-state index >= 15 is 0 Å². The van der Waals surface area contributed by atoms with Crippen LogP contribution < -0.4 is 4.90 Å². The summed E-state index contributed by atoms with van der Waals surface area (Å²) in [6.07, 6.45) is 0. The highest BCUT2D eigenvalue weighted by molar-refractivity contribution is 6.07. The van der Waals surface area contributed by atoms with E-state index in [2.05, 4.69) is 0 Å². The second-order valence-electron chi connectivity index (χ2n) is 4.97. The molecule has 2 aromatic carbocycles. The van der Waals surface area contributed by atoms with Crippen molar-refractivity contribution >= 4 is 11.6 Å². The van der Waals surface area contributed by atoms with Crippen LogP contribution in [0, 0.1) is 0 Å². The summed E-state index contributed by atoms with van der Waals surface area (Å²) in [4.78, 5) is 13.8. The third-order valence-corrected chi connectivity index (χ3v) is 3.59. The van der Waals surface area contributed by atoms with Crippen molar-refractivity contribution in [2.75, 3.05) is 4.90 Å². The van der Waals surface area contributed by atoms with Crippen molar-refractivity contribution in [3.8, 4) is 0 Å². The summed E-state index contributed by atoms with van der Waals surface area (Å²) in [7, 11) is 0. The summed E-state index contributed by atoms with van der Waals surface area (Å²) in [5, 5.41) is 10.3. The van der Waals surface area contributed by atoms with Crippen LogP contribution in [0.2, 0.25) is 0 Å². The van der Waals surface area contributed by atoms with Crippen LogP contribution in [-0.4, -0.2) is 16.6 Å². The fourth-order valence-electron chi connectivity index (χ4n) is 2.63. The molecule has 2 atom stereocenters. The van der Waals surface area contributed by atoms with Crippen LogP contribution in [-0.2, 0) is 4.79 Å². The van der Waals surface area contributed by atoms with Crippen molar-refractivity contribution in [2.24, 2.45) is 0 Å². The molecule has 1 aliphatic heterocycles. The van der Waals surface area contributed by atoms with Crippen LogP contribution in [0.15, 0.2) is 60.7 Å². The molecule has 0 spiro atoms. The lowest BCUT2D eigenvalue weighted by Crippen LogP contribution is -2.67. The van der Waals surface area contributed by atoms with Crippen molar-refractivity contribution in [1.29, 1.82) is 0 Å². The number of anilines is 1. The summed E-state index contributed by atoms with van der Waals surface area (Å²) >= 11 is 0. The van der Waals surface area contributed by atoms with E-state index in [4.69, 9.17) is 0 Å². The lowest BCUT2D eigenvalue weighted by atomic mass is 9.79. The Kier molecular flexibility index (Phi) is 2.64. The summed E-state index contributed by atoms with van der Waals surface area (Å²) in [6, 6.07) is 18.7. The standard InChI is InChI=1S/C16H15NO2/c1-16(19)14(12-8-4-2-5-9-12)17(15(16)18)13-10-6-3-7-11-13/h2-11,14,19H,1H3. The zero-order chi connectivity index (χ0) is 13.5. The predicted molar refractivity (Wildman–Crippen MR) is 73.7 cm³/mol. The molecule has 2 aromatic rings. The van der Waals surface area contributed by atoms with Gasteiger partial charge in [0.2, 0.25) is 0 Å². The van der Waals surface area contributed by atoms with Gasteiger partial charge in [0, 0.05) is 5.69 Å². The van der Waals surface area contributed by atoms with Crippen LogP contribution >= 0.6 is 0 Å². The van der Waals surface area contributed by atoms with Gasteiger partial charge in [0.05, 0.1) is 6.04 Å². The largest absolute Gasteiger partial charge is 0.378 e. The molecule has 19 heavy (non-hydrogen) atoms.